The van der Waals surface area contributed by atoms with Crippen LogP contribution in [0.1, 0.15) is 52.4 Å². The van der Waals surface area contributed by atoms with Crippen LogP contribution in [-0.2, 0) is 4.74 Å². The maximum Gasteiger partial charge on any atom is 0.0701 e. The van der Waals surface area contributed by atoms with Gasteiger partial charge in [0.15, 0.2) is 0 Å². The zero-order valence-corrected chi connectivity index (χ0v) is 13.9. The van der Waals surface area contributed by atoms with Crippen molar-refractivity contribution in [2.45, 2.75) is 64.5 Å². The smallest absolute Gasteiger partial charge is 0.0701 e. The Bertz CT molecular complexity index is 283. The highest BCUT2D eigenvalue weighted by Crippen LogP contribution is 2.30. The molecule has 0 unspecified atom stereocenters. The predicted octanol–water partition coefficient (Wildman–Crippen LogP) is 2.02. The SMILES string of the molecule is CCC(CC)(CNC1CC1)CN1CCC(OCCO)CC1. The van der Waals surface area contributed by atoms with Crippen molar-refractivity contribution >= 4 is 0 Å². The van der Waals surface area contributed by atoms with Gasteiger partial charge >= 0.3 is 0 Å². The Kier molecular flexibility index (Phi) is 6.93. The third kappa shape index (κ3) is 5.51. The van der Waals surface area contributed by atoms with Crippen molar-refractivity contribution in [3.05, 3.63) is 0 Å². The van der Waals surface area contributed by atoms with Crippen LogP contribution in [0.2, 0.25) is 0 Å². The van der Waals surface area contributed by atoms with Crippen LogP contribution in [0.25, 0.3) is 0 Å². The minimum atomic E-state index is 0.141. The van der Waals surface area contributed by atoms with Crippen molar-refractivity contribution in [3.8, 4) is 0 Å². The Morgan fingerprint density at radius 1 is 1.14 bits per heavy atom. The molecule has 1 aliphatic carbocycles. The van der Waals surface area contributed by atoms with Crippen LogP contribution in [0.5, 0.6) is 0 Å². The van der Waals surface area contributed by atoms with Gasteiger partial charge < -0.3 is 20.1 Å². The summed E-state index contributed by atoms with van der Waals surface area (Å²) in [6.45, 7) is 9.98. The lowest BCUT2D eigenvalue weighted by atomic mass is 9.81. The first kappa shape index (κ1) is 17.2. The second kappa shape index (κ2) is 8.47. The summed E-state index contributed by atoms with van der Waals surface area (Å²) < 4.78 is 5.66. The summed E-state index contributed by atoms with van der Waals surface area (Å²) in [6, 6.07) is 0.806. The molecule has 2 N–H and O–H groups in total. The van der Waals surface area contributed by atoms with Gasteiger partial charge in [0.1, 0.15) is 0 Å². The van der Waals surface area contributed by atoms with Crippen LogP contribution in [-0.4, -0.2) is 61.5 Å². The fourth-order valence-electron chi connectivity index (χ4n) is 3.36. The summed E-state index contributed by atoms with van der Waals surface area (Å²) in [5.74, 6) is 0. The Labute approximate surface area is 130 Å². The Morgan fingerprint density at radius 3 is 2.33 bits per heavy atom. The van der Waals surface area contributed by atoms with E-state index < -0.39 is 0 Å². The quantitative estimate of drug-likeness (QED) is 0.648. The monoisotopic (exact) mass is 298 g/mol. The van der Waals surface area contributed by atoms with Gasteiger partial charge in [-0.25, -0.2) is 0 Å². The van der Waals surface area contributed by atoms with Crippen molar-refractivity contribution < 1.29 is 9.84 Å². The van der Waals surface area contributed by atoms with Gasteiger partial charge in [-0.2, -0.15) is 0 Å². The van der Waals surface area contributed by atoms with Crippen molar-refractivity contribution in [2.24, 2.45) is 5.41 Å². The fourth-order valence-corrected chi connectivity index (χ4v) is 3.36. The third-order valence-corrected chi connectivity index (χ3v) is 5.38. The molecule has 2 fully saturated rings. The first-order chi connectivity index (χ1) is 10.2. The van der Waals surface area contributed by atoms with Crippen molar-refractivity contribution in [3.63, 3.8) is 0 Å². The second-order valence-electron chi connectivity index (χ2n) is 6.93. The lowest BCUT2D eigenvalue weighted by Crippen LogP contribution is -2.47. The van der Waals surface area contributed by atoms with Gasteiger partial charge in [0, 0.05) is 32.2 Å². The van der Waals surface area contributed by atoms with Crippen molar-refractivity contribution in [1.29, 1.82) is 0 Å². The highest BCUT2D eigenvalue weighted by molar-refractivity contribution is 4.89. The topological polar surface area (TPSA) is 44.7 Å². The van der Waals surface area contributed by atoms with Crippen LogP contribution >= 0.6 is 0 Å². The van der Waals surface area contributed by atoms with Gasteiger partial charge in [-0.3, -0.25) is 0 Å². The normalized spacial score (nSPS) is 21.9. The van der Waals surface area contributed by atoms with E-state index in [-0.39, 0.29) is 6.61 Å². The lowest BCUT2D eigenvalue weighted by molar-refractivity contribution is -0.0155. The average Bonchev–Trinajstić information content (AvgIpc) is 3.35. The van der Waals surface area contributed by atoms with Crippen LogP contribution in [0.3, 0.4) is 0 Å². The second-order valence-corrected chi connectivity index (χ2v) is 6.93. The molecule has 4 nitrogen and oxygen atoms in total. The van der Waals surface area contributed by atoms with Gasteiger partial charge in [-0.1, -0.05) is 13.8 Å². The number of hydrogen-bond acceptors (Lipinski definition) is 4. The highest BCUT2D eigenvalue weighted by atomic mass is 16.5. The Morgan fingerprint density at radius 2 is 1.81 bits per heavy atom. The molecular formula is C17H34N2O2. The van der Waals surface area contributed by atoms with Crippen LogP contribution in [0, 0.1) is 5.41 Å². The van der Waals surface area contributed by atoms with Crippen LogP contribution in [0.15, 0.2) is 0 Å². The molecule has 0 aromatic rings. The highest BCUT2D eigenvalue weighted by Gasteiger charge is 2.32. The maximum atomic E-state index is 8.83. The van der Waals surface area contributed by atoms with Crippen molar-refractivity contribution in [2.75, 3.05) is 39.4 Å². The molecule has 2 aliphatic rings. The molecule has 4 heteroatoms. The predicted molar refractivity (Wildman–Crippen MR) is 86.5 cm³/mol. The molecule has 0 bridgehead atoms. The van der Waals surface area contributed by atoms with Gasteiger partial charge in [0.25, 0.3) is 0 Å². The van der Waals surface area contributed by atoms with Gasteiger partial charge in [0.05, 0.1) is 19.3 Å². The van der Waals surface area contributed by atoms with E-state index in [0.717, 1.165) is 32.0 Å². The zero-order valence-electron chi connectivity index (χ0n) is 13.9. The number of ether oxygens (including phenoxy) is 1. The average molecular weight is 298 g/mol. The van der Waals surface area contributed by atoms with E-state index in [1.165, 1.54) is 38.8 Å². The number of aliphatic hydroxyl groups excluding tert-OH is 1. The number of nitrogens with zero attached hydrogens (tertiary/aromatic N) is 1. The summed E-state index contributed by atoms with van der Waals surface area (Å²) in [5, 5.41) is 12.6. The lowest BCUT2D eigenvalue weighted by Gasteiger charge is -2.40. The van der Waals surface area contributed by atoms with Crippen molar-refractivity contribution in [1.82, 2.24) is 10.2 Å². The molecule has 0 atom stereocenters. The molecule has 1 saturated carbocycles. The van der Waals surface area contributed by atoms with E-state index >= 15 is 0 Å². The molecule has 0 amide bonds. The molecule has 0 aromatic heterocycles. The first-order valence-corrected chi connectivity index (χ1v) is 8.89. The minimum Gasteiger partial charge on any atom is -0.394 e. The minimum absolute atomic E-state index is 0.141. The summed E-state index contributed by atoms with van der Waals surface area (Å²) in [6.07, 6.45) is 7.83. The number of nitrogens with one attached hydrogen (secondary N) is 1. The molecule has 21 heavy (non-hydrogen) atoms. The number of aliphatic hydroxyl groups is 1. The van der Waals surface area contributed by atoms with Gasteiger partial charge in [0.2, 0.25) is 0 Å². The molecule has 1 saturated heterocycles. The molecule has 124 valence electrons. The molecule has 0 aromatic carbocycles. The molecule has 1 heterocycles. The number of hydrogen-bond donors (Lipinski definition) is 2. The summed E-state index contributed by atoms with van der Waals surface area (Å²) >= 11 is 0. The third-order valence-electron chi connectivity index (χ3n) is 5.38. The van der Waals surface area contributed by atoms with E-state index in [1.54, 1.807) is 0 Å². The molecule has 1 aliphatic heterocycles. The fraction of sp³-hybridized carbons (Fsp3) is 1.00. The van der Waals surface area contributed by atoms with Gasteiger partial charge in [-0.05, 0) is 43.9 Å². The maximum absolute atomic E-state index is 8.83. The van der Waals surface area contributed by atoms with E-state index in [1.807, 2.05) is 0 Å². The number of piperidine rings is 1. The summed E-state index contributed by atoms with van der Waals surface area (Å²) in [7, 11) is 0. The number of rotatable bonds is 10. The largest absolute Gasteiger partial charge is 0.394 e. The Balaban J connectivity index is 1.75. The Hall–Kier alpha value is -0.160. The molecule has 0 radical (unpaired) electrons. The molecule has 2 rings (SSSR count). The molecule has 0 spiro atoms. The van der Waals surface area contributed by atoms with E-state index in [0.29, 0.717) is 18.1 Å². The van der Waals surface area contributed by atoms with Gasteiger partial charge in [-0.15, -0.1) is 0 Å². The summed E-state index contributed by atoms with van der Waals surface area (Å²) in [4.78, 5) is 2.63. The standard InChI is InChI=1S/C17H34N2O2/c1-3-17(4-2,13-18-15-5-6-15)14-19-9-7-16(8-10-19)21-12-11-20/h15-16,18,20H,3-14H2,1-2H3. The van der Waals surface area contributed by atoms with E-state index in [9.17, 15) is 0 Å². The van der Waals surface area contributed by atoms with Crippen LogP contribution in [0.4, 0.5) is 0 Å². The first-order valence-electron chi connectivity index (χ1n) is 8.89. The number of likely N-dealkylation sites (tertiary alicyclic amines) is 1. The summed E-state index contributed by atoms with van der Waals surface area (Å²) in [5.41, 5.74) is 0.432. The molecular weight excluding hydrogens is 264 g/mol. The van der Waals surface area contributed by atoms with E-state index in [4.69, 9.17) is 9.84 Å². The van der Waals surface area contributed by atoms with Crippen LogP contribution < -0.4 is 5.32 Å². The van der Waals surface area contributed by atoms with E-state index in [2.05, 4.69) is 24.1 Å². The zero-order chi connectivity index (χ0) is 15.1.